The molecule has 1 atom stereocenters. The van der Waals surface area contributed by atoms with Gasteiger partial charge in [-0.2, -0.15) is 0 Å². The first-order valence-corrected chi connectivity index (χ1v) is 7.03. The molecule has 0 saturated carbocycles. The number of nitrogens with one attached hydrogen (secondary N) is 1. The fraction of sp³-hybridized carbons (Fsp3) is 0.385. The molecule has 0 aliphatic carbocycles. The van der Waals surface area contributed by atoms with Gasteiger partial charge in [-0.3, -0.25) is 0 Å². The van der Waals surface area contributed by atoms with E-state index in [1.165, 1.54) is 12.1 Å². The second-order valence-electron chi connectivity index (χ2n) is 4.39. The van der Waals surface area contributed by atoms with Crippen molar-refractivity contribution >= 4 is 23.2 Å². The van der Waals surface area contributed by atoms with Crippen molar-refractivity contribution in [1.29, 1.82) is 0 Å². The predicted octanol–water partition coefficient (Wildman–Crippen LogP) is 3.59. The number of nitrogens with zero attached hydrogens (tertiary/aromatic N) is 3. The van der Waals surface area contributed by atoms with Gasteiger partial charge < -0.3 is 9.88 Å². The molecule has 1 heterocycles. The van der Waals surface area contributed by atoms with Crippen LogP contribution in [0.1, 0.15) is 31.3 Å². The maximum Gasteiger partial charge on any atom is 0.146 e. The Morgan fingerprint density at radius 3 is 2.85 bits per heavy atom. The van der Waals surface area contributed by atoms with E-state index in [0.717, 1.165) is 12.4 Å². The van der Waals surface area contributed by atoms with Gasteiger partial charge in [0.15, 0.2) is 0 Å². The van der Waals surface area contributed by atoms with E-state index in [9.17, 15) is 4.39 Å². The van der Waals surface area contributed by atoms with Crippen molar-refractivity contribution in [1.82, 2.24) is 20.1 Å². The molecule has 1 aromatic heterocycles. The summed E-state index contributed by atoms with van der Waals surface area (Å²) in [6, 6.07) is 2.56. The molecule has 108 valence electrons. The van der Waals surface area contributed by atoms with Gasteiger partial charge in [-0.25, -0.2) is 4.39 Å². The summed E-state index contributed by atoms with van der Waals surface area (Å²) in [5, 5.41) is 11.6. The third kappa shape index (κ3) is 3.11. The number of hydrogen-bond acceptors (Lipinski definition) is 3. The zero-order valence-corrected chi connectivity index (χ0v) is 12.7. The number of halogens is 3. The lowest BCUT2D eigenvalue weighted by Gasteiger charge is -2.17. The molecule has 0 radical (unpaired) electrons. The Bertz CT molecular complexity index is 600. The number of aryl methyl sites for hydroxylation is 1. The molecule has 2 aromatic rings. The van der Waals surface area contributed by atoms with Crippen molar-refractivity contribution < 1.29 is 4.39 Å². The van der Waals surface area contributed by atoms with Crippen molar-refractivity contribution in [3.63, 3.8) is 0 Å². The molecule has 0 bridgehead atoms. The second kappa shape index (κ2) is 6.52. The lowest BCUT2D eigenvalue weighted by atomic mass is 10.1. The highest BCUT2D eigenvalue weighted by Crippen LogP contribution is 2.32. The van der Waals surface area contributed by atoms with Crippen LogP contribution in [0.15, 0.2) is 18.5 Å². The highest BCUT2D eigenvalue weighted by molar-refractivity contribution is 6.36. The Morgan fingerprint density at radius 1 is 1.40 bits per heavy atom. The normalized spacial score (nSPS) is 12.7. The van der Waals surface area contributed by atoms with Crippen molar-refractivity contribution in [2.75, 3.05) is 0 Å². The van der Waals surface area contributed by atoms with Gasteiger partial charge in [0, 0.05) is 23.2 Å². The topological polar surface area (TPSA) is 42.7 Å². The molecule has 2 rings (SSSR count). The molecule has 1 aromatic carbocycles. The second-order valence-corrected chi connectivity index (χ2v) is 5.18. The van der Waals surface area contributed by atoms with Gasteiger partial charge >= 0.3 is 0 Å². The van der Waals surface area contributed by atoms with Crippen LogP contribution < -0.4 is 5.32 Å². The first-order chi connectivity index (χ1) is 9.54. The van der Waals surface area contributed by atoms with Gasteiger partial charge in [-0.15, -0.1) is 10.2 Å². The molecule has 1 N–H and O–H groups in total. The molecule has 0 aliphatic rings. The van der Waals surface area contributed by atoms with E-state index in [0.29, 0.717) is 17.1 Å². The molecule has 0 fully saturated rings. The quantitative estimate of drug-likeness (QED) is 0.857. The molecule has 0 saturated heterocycles. The summed E-state index contributed by atoms with van der Waals surface area (Å²) >= 11 is 12.1. The molecule has 0 spiro atoms. The van der Waals surface area contributed by atoms with Gasteiger partial charge in [-0.1, -0.05) is 23.2 Å². The van der Waals surface area contributed by atoms with Crippen LogP contribution in [-0.4, -0.2) is 14.8 Å². The largest absolute Gasteiger partial charge is 0.317 e. The maximum absolute atomic E-state index is 13.5. The predicted molar refractivity (Wildman–Crippen MR) is 77.4 cm³/mol. The molecular formula is C13H15Cl2FN4. The van der Waals surface area contributed by atoms with Crippen LogP contribution >= 0.6 is 23.2 Å². The van der Waals surface area contributed by atoms with Gasteiger partial charge in [0.1, 0.15) is 18.0 Å². The summed E-state index contributed by atoms with van der Waals surface area (Å²) in [5.41, 5.74) is 0.552. The summed E-state index contributed by atoms with van der Waals surface area (Å²) in [4.78, 5) is 0. The molecule has 1 unspecified atom stereocenters. The number of hydrogen-bond donors (Lipinski definition) is 1. The molecular weight excluding hydrogens is 302 g/mol. The maximum atomic E-state index is 13.5. The summed E-state index contributed by atoms with van der Waals surface area (Å²) in [6.45, 7) is 5.17. The molecule has 0 amide bonds. The van der Waals surface area contributed by atoms with Crippen LogP contribution in [0.25, 0.3) is 0 Å². The van der Waals surface area contributed by atoms with E-state index in [4.69, 9.17) is 23.2 Å². The van der Waals surface area contributed by atoms with E-state index in [1.807, 2.05) is 18.4 Å². The first kappa shape index (κ1) is 15.2. The summed E-state index contributed by atoms with van der Waals surface area (Å²) < 4.78 is 15.4. The highest BCUT2D eigenvalue weighted by atomic mass is 35.5. The summed E-state index contributed by atoms with van der Waals surface area (Å²) in [5.74, 6) is 0.333. The number of rotatable bonds is 5. The van der Waals surface area contributed by atoms with Crippen LogP contribution in [-0.2, 0) is 13.1 Å². The van der Waals surface area contributed by atoms with Crippen LogP contribution in [0.5, 0.6) is 0 Å². The fourth-order valence-corrected chi connectivity index (χ4v) is 2.66. The minimum atomic E-state index is -0.476. The lowest BCUT2D eigenvalue weighted by Crippen LogP contribution is -2.21. The van der Waals surface area contributed by atoms with Crippen LogP contribution in [0.3, 0.4) is 0 Å². The average molecular weight is 317 g/mol. The summed E-state index contributed by atoms with van der Waals surface area (Å²) in [6.07, 6.45) is 1.67. The van der Waals surface area contributed by atoms with E-state index < -0.39 is 5.82 Å². The zero-order valence-electron chi connectivity index (χ0n) is 11.2. The Balaban J connectivity index is 2.13. The number of aromatic nitrogens is 3. The molecule has 4 nitrogen and oxygen atoms in total. The Hall–Kier alpha value is -1.17. The average Bonchev–Trinajstić information content (AvgIpc) is 2.88. The van der Waals surface area contributed by atoms with Crippen molar-refractivity contribution in [2.24, 2.45) is 0 Å². The first-order valence-electron chi connectivity index (χ1n) is 6.28. The Labute approximate surface area is 126 Å². The molecule has 0 aliphatic heterocycles. The standard InChI is InChI=1S/C13H15Cl2FN4/c1-3-20-7-18-19-11(20)6-17-8(2)12-9(14)4-5-10(16)13(12)15/h4-5,7-8,17H,3,6H2,1-2H3. The van der Waals surface area contributed by atoms with E-state index in [2.05, 4.69) is 15.5 Å². The highest BCUT2D eigenvalue weighted by Gasteiger charge is 2.17. The van der Waals surface area contributed by atoms with E-state index in [-0.39, 0.29) is 11.1 Å². The minimum Gasteiger partial charge on any atom is -0.317 e. The van der Waals surface area contributed by atoms with Gasteiger partial charge in [0.2, 0.25) is 0 Å². The minimum absolute atomic E-state index is 0.0504. The van der Waals surface area contributed by atoms with E-state index >= 15 is 0 Å². The van der Waals surface area contributed by atoms with Crippen molar-refractivity contribution in [2.45, 2.75) is 33.0 Å². The fourth-order valence-electron chi connectivity index (χ4n) is 1.97. The Morgan fingerprint density at radius 2 is 2.15 bits per heavy atom. The smallest absolute Gasteiger partial charge is 0.146 e. The SMILES string of the molecule is CCn1cnnc1CNC(C)c1c(Cl)ccc(F)c1Cl. The third-order valence-corrected chi connectivity index (χ3v) is 3.83. The van der Waals surface area contributed by atoms with Gasteiger partial charge in [-0.05, 0) is 26.0 Å². The molecule has 7 heteroatoms. The van der Waals surface area contributed by atoms with Crippen LogP contribution in [0.2, 0.25) is 10.0 Å². The van der Waals surface area contributed by atoms with Gasteiger partial charge in [0.25, 0.3) is 0 Å². The third-order valence-electron chi connectivity index (χ3n) is 3.12. The molecule has 20 heavy (non-hydrogen) atoms. The van der Waals surface area contributed by atoms with Crippen molar-refractivity contribution in [3.05, 3.63) is 45.7 Å². The van der Waals surface area contributed by atoms with Crippen molar-refractivity contribution in [3.8, 4) is 0 Å². The Kier molecular flexibility index (Phi) is 4.96. The van der Waals surface area contributed by atoms with Crippen LogP contribution in [0, 0.1) is 5.82 Å². The lowest BCUT2D eigenvalue weighted by molar-refractivity contribution is 0.535. The monoisotopic (exact) mass is 316 g/mol. The van der Waals surface area contributed by atoms with Crippen LogP contribution in [0.4, 0.5) is 4.39 Å². The number of benzene rings is 1. The summed E-state index contributed by atoms with van der Waals surface area (Å²) in [7, 11) is 0. The van der Waals surface area contributed by atoms with E-state index in [1.54, 1.807) is 6.33 Å². The van der Waals surface area contributed by atoms with Gasteiger partial charge in [0.05, 0.1) is 11.6 Å². The zero-order chi connectivity index (χ0) is 14.7.